The van der Waals surface area contributed by atoms with E-state index in [2.05, 4.69) is 17.2 Å². The van der Waals surface area contributed by atoms with E-state index in [9.17, 15) is 8.78 Å². The topological polar surface area (TPSA) is 24.9 Å². The van der Waals surface area contributed by atoms with E-state index in [4.69, 9.17) is 0 Å². The molecule has 1 unspecified atom stereocenters. The highest BCUT2D eigenvalue weighted by molar-refractivity contribution is 5.22. The van der Waals surface area contributed by atoms with Crippen molar-refractivity contribution in [3.63, 3.8) is 0 Å². The van der Waals surface area contributed by atoms with Crippen LogP contribution in [0.3, 0.4) is 0 Å². The van der Waals surface area contributed by atoms with Crippen LogP contribution in [-0.4, -0.2) is 11.5 Å². The van der Waals surface area contributed by atoms with Crippen molar-refractivity contribution >= 4 is 0 Å². The first-order valence-electron chi connectivity index (χ1n) is 7.27. The summed E-state index contributed by atoms with van der Waals surface area (Å²) in [6.45, 7) is 2.88. The predicted molar refractivity (Wildman–Crippen MR) is 80.0 cm³/mol. The SMILES string of the molecule is CCCNC(CCc1cccnc1)c1cc(F)cc(F)c1. The first kappa shape index (κ1) is 15.6. The van der Waals surface area contributed by atoms with E-state index in [1.165, 1.54) is 12.1 Å². The number of hydrogen-bond donors (Lipinski definition) is 1. The first-order chi connectivity index (χ1) is 10.2. The number of halogens is 2. The van der Waals surface area contributed by atoms with Crippen molar-refractivity contribution < 1.29 is 8.78 Å². The molecule has 0 aliphatic heterocycles. The molecule has 0 fully saturated rings. The molecule has 1 aromatic carbocycles. The van der Waals surface area contributed by atoms with Gasteiger partial charge in [0.05, 0.1) is 0 Å². The summed E-state index contributed by atoms with van der Waals surface area (Å²) in [7, 11) is 0. The highest BCUT2D eigenvalue weighted by Gasteiger charge is 2.13. The fraction of sp³-hybridized carbons (Fsp3) is 0.353. The summed E-state index contributed by atoms with van der Waals surface area (Å²) in [5.74, 6) is -1.07. The maximum Gasteiger partial charge on any atom is 0.126 e. The van der Waals surface area contributed by atoms with Crippen LogP contribution in [0, 0.1) is 11.6 Å². The Labute approximate surface area is 124 Å². The minimum Gasteiger partial charge on any atom is -0.310 e. The molecule has 0 saturated carbocycles. The number of nitrogens with zero attached hydrogens (tertiary/aromatic N) is 1. The zero-order chi connectivity index (χ0) is 15.1. The molecule has 0 aliphatic carbocycles. The van der Waals surface area contributed by atoms with Gasteiger partial charge in [0.2, 0.25) is 0 Å². The van der Waals surface area contributed by atoms with Gasteiger partial charge in [-0.2, -0.15) is 0 Å². The molecule has 21 heavy (non-hydrogen) atoms. The van der Waals surface area contributed by atoms with E-state index in [0.717, 1.165) is 37.4 Å². The van der Waals surface area contributed by atoms with Gasteiger partial charge in [-0.15, -0.1) is 0 Å². The van der Waals surface area contributed by atoms with Crippen LogP contribution < -0.4 is 5.32 Å². The molecule has 1 atom stereocenters. The Kier molecular flexibility index (Phi) is 5.81. The number of nitrogens with one attached hydrogen (secondary N) is 1. The number of rotatable bonds is 7. The van der Waals surface area contributed by atoms with Crippen molar-refractivity contribution in [1.82, 2.24) is 10.3 Å². The molecular weight excluding hydrogens is 270 g/mol. The van der Waals surface area contributed by atoms with Gasteiger partial charge in [0.25, 0.3) is 0 Å². The maximum atomic E-state index is 13.4. The average Bonchev–Trinajstić information content (AvgIpc) is 2.47. The molecule has 0 amide bonds. The van der Waals surface area contributed by atoms with E-state index in [-0.39, 0.29) is 6.04 Å². The monoisotopic (exact) mass is 290 g/mol. The van der Waals surface area contributed by atoms with Crippen LogP contribution in [0.25, 0.3) is 0 Å². The van der Waals surface area contributed by atoms with Gasteiger partial charge in [-0.1, -0.05) is 13.0 Å². The largest absolute Gasteiger partial charge is 0.310 e. The Bertz CT molecular complexity index is 538. The summed E-state index contributed by atoms with van der Waals surface area (Å²) in [5.41, 5.74) is 1.78. The summed E-state index contributed by atoms with van der Waals surface area (Å²) in [4.78, 5) is 4.09. The number of hydrogen-bond acceptors (Lipinski definition) is 2. The van der Waals surface area contributed by atoms with Crippen LogP contribution in [0.2, 0.25) is 0 Å². The van der Waals surface area contributed by atoms with Gasteiger partial charge in [0, 0.05) is 24.5 Å². The summed E-state index contributed by atoms with van der Waals surface area (Å²) in [6.07, 6.45) is 6.12. The minimum atomic E-state index is -0.533. The molecule has 0 bridgehead atoms. The molecule has 1 aromatic heterocycles. The highest BCUT2D eigenvalue weighted by Crippen LogP contribution is 2.21. The lowest BCUT2D eigenvalue weighted by molar-refractivity contribution is 0.489. The standard InChI is InChI=1S/C17H20F2N2/c1-2-7-21-17(6-5-13-4-3-8-20-12-13)14-9-15(18)11-16(19)10-14/h3-4,8-12,17,21H,2,5-7H2,1H3. The normalized spacial score (nSPS) is 12.3. The zero-order valence-corrected chi connectivity index (χ0v) is 12.2. The fourth-order valence-corrected chi connectivity index (χ4v) is 2.34. The van der Waals surface area contributed by atoms with Crippen molar-refractivity contribution in [3.8, 4) is 0 Å². The third-order valence-electron chi connectivity index (χ3n) is 3.37. The molecule has 0 radical (unpaired) electrons. The molecule has 4 heteroatoms. The van der Waals surface area contributed by atoms with Crippen LogP contribution in [0.1, 0.15) is 36.9 Å². The Morgan fingerprint density at radius 1 is 1.19 bits per heavy atom. The number of pyridine rings is 1. The van der Waals surface area contributed by atoms with Crippen molar-refractivity contribution in [2.75, 3.05) is 6.54 Å². The van der Waals surface area contributed by atoms with Gasteiger partial charge >= 0.3 is 0 Å². The smallest absolute Gasteiger partial charge is 0.126 e. The van der Waals surface area contributed by atoms with E-state index < -0.39 is 11.6 Å². The van der Waals surface area contributed by atoms with Crippen LogP contribution in [-0.2, 0) is 6.42 Å². The number of aryl methyl sites for hydroxylation is 1. The summed E-state index contributed by atoms with van der Waals surface area (Å²) < 4.78 is 26.8. The van der Waals surface area contributed by atoms with Gasteiger partial charge in [0.1, 0.15) is 11.6 Å². The average molecular weight is 290 g/mol. The van der Waals surface area contributed by atoms with Crippen LogP contribution in [0.4, 0.5) is 8.78 Å². The molecule has 2 rings (SSSR count). The molecule has 2 aromatic rings. The quantitative estimate of drug-likeness (QED) is 0.832. The third kappa shape index (κ3) is 4.90. The lowest BCUT2D eigenvalue weighted by Crippen LogP contribution is -2.23. The van der Waals surface area contributed by atoms with Gasteiger partial charge in [0.15, 0.2) is 0 Å². The van der Waals surface area contributed by atoms with Crippen LogP contribution in [0.5, 0.6) is 0 Å². The van der Waals surface area contributed by atoms with Crippen molar-refractivity contribution in [1.29, 1.82) is 0 Å². The molecule has 1 heterocycles. The van der Waals surface area contributed by atoms with E-state index in [1.807, 2.05) is 18.3 Å². The zero-order valence-electron chi connectivity index (χ0n) is 12.2. The second-order valence-electron chi connectivity index (χ2n) is 5.11. The summed E-state index contributed by atoms with van der Waals surface area (Å²) >= 11 is 0. The Hall–Kier alpha value is -1.81. The molecular formula is C17H20F2N2. The Morgan fingerprint density at radius 3 is 2.57 bits per heavy atom. The maximum absolute atomic E-state index is 13.4. The fourth-order valence-electron chi connectivity index (χ4n) is 2.34. The van der Waals surface area contributed by atoms with E-state index in [0.29, 0.717) is 5.56 Å². The first-order valence-corrected chi connectivity index (χ1v) is 7.27. The lowest BCUT2D eigenvalue weighted by Gasteiger charge is -2.19. The van der Waals surface area contributed by atoms with Gasteiger partial charge < -0.3 is 5.32 Å². The van der Waals surface area contributed by atoms with Crippen LogP contribution in [0.15, 0.2) is 42.7 Å². The highest BCUT2D eigenvalue weighted by atomic mass is 19.1. The van der Waals surface area contributed by atoms with E-state index >= 15 is 0 Å². The second-order valence-corrected chi connectivity index (χ2v) is 5.11. The summed E-state index contributed by atoms with van der Waals surface area (Å²) in [5, 5.41) is 3.36. The van der Waals surface area contributed by atoms with Crippen molar-refractivity contribution in [3.05, 3.63) is 65.5 Å². The molecule has 0 saturated heterocycles. The predicted octanol–water partition coefficient (Wildman–Crippen LogP) is 4.03. The van der Waals surface area contributed by atoms with E-state index in [1.54, 1.807) is 6.20 Å². The van der Waals surface area contributed by atoms with Gasteiger partial charge in [-0.05, 0) is 55.1 Å². The third-order valence-corrected chi connectivity index (χ3v) is 3.37. The molecule has 1 N–H and O–H groups in total. The van der Waals surface area contributed by atoms with Crippen LogP contribution >= 0.6 is 0 Å². The number of aromatic nitrogens is 1. The van der Waals surface area contributed by atoms with Crippen molar-refractivity contribution in [2.45, 2.75) is 32.2 Å². The lowest BCUT2D eigenvalue weighted by atomic mass is 9.99. The minimum absolute atomic E-state index is 0.0599. The van der Waals surface area contributed by atoms with Crippen molar-refractivity contribution in [2.24, 2.45) is 0 Å². The molecule has 0 spiro atoms. The van der Waals surface area contributed by atoms with Gasteiger partial charge in [-0.3, -0.25) is 4.98 Å². The second kappa shape index (κ2) is 7.84. The Morgan fingerprint density at radius 2 is 1.95 bits per heavy atom. The Balaban J connectivity index is 2.10. The van der Waals surface area contributed by atoms with Gasteiger partial charge in [-0.25, -0.2) is 8.78 Å². The number of benzene rings is 1. The molecule has 112 valence electrons. The molecule has 2 nitrogen and oxygen atoms in total. The molecule has 0 aliphatic rings. The summed E-state index contributed by atoms with van der Waals surface area (Å²) in [6, 6.07) is 7.55.